The number of amides is 3. The minimum absolute atomic E-state index is 0.241. The van der Waals surface area contributed by atoms with Gasteiger partial charge in [-0.3, -0.25) is 10.1 Å². The predicted octanol–water partition coefficient (Wildman–Crippen LogP) is 7.80. The van der Waals surface area contributed by atoms with E-state index in [9.17, 15) is 18.4 Å². The van der Waals surface area contributed by atoms with E-state index in [0.29, 0.717) is 33.3 Å². The van der Waals surface area contributed by atoms with Crippen LogP contribution in [0.15, 0.2) is 60.7 Å². The highest BCUT2D eigenvalue weighted by molar-refractivity contribution is 6.36. The number of urea groups is 1. The van der Waals surface area contributed by atoms with Crippen molar-refractivity contribution in [3.63, 3.8) is 0 Å². The fraction of sp³-hybridized carbons (Fsp3) is 0.0769. The number of hydrogen-bond donors (Lipinski definition) is 2. The zero-order valence-corrected chi connectivity index (χ0v) is 20.0. The second-order valence-corrected chi connectivity index (χ2v) is 8.49. The van der Waals surface area contributed by atoms with Crippen molar-refractivity contribution in [3.8, 4) is 11.5 Å². The van der Waals surface area contributed by atoms with Crippen molar-refractivity contribution >= 4 is 51.6 Å². The molecule has 2 N–H and O–H groups in total. The van der Waals surface area contributed by atoms with Crippen molar-refractivity contribution in [2.24, 2.45) is 0 Å². The van der Waals surface area contributed by atoms with Crippen LogP contribution >= 0.6 is 23.2 Å². The Kier molecular flexibility index (Phi) is 6.91. The maximum Gasteiger partial charge on any atom is 0.326 e. The number of ether oxygens (including phenoxy) is 1. The Morgan fingerprint density at radius 2 is 1.54 bits per heavy atom. The molecule has 0 atom stereocenters. The summed E-state index contributed by atoms with van der Waals surface area (Å²) in [5.41, 5.74) is 0.499. The average Bonchev–Trinajstić information content (AvgIpc) is 2.81. The molecule has 0 aliphatic rings. The molecule has 35 heavy (non-hydrogen) atoms. The Balaban J connectivity index is 1.58. The molecule has 3 amide bonds. The van der Waals surface area contributed by atoms with Crippen LogP contribution in [-0.4, -0.2) is 11.9 Å². The third kappa shape index (κ3) is 4.92. The molecule has 4 aromatic rings. The number of carbonyl (C=O) groups excluding carboxylic acids is 2. The first-order valence-electron chi connectivity index (χ1n) is 10.4. The van der Waals surface area contributed by atoms with Gasteiger partial charge in [0.1, 0.15) is 28.7 Å². The normalized spacial score (nSPS) is 10.8. The second kappa shape index (κ2) is 9.90. The van der Waals surface area contributed by atoms with Crippen molar-refractivity contribution in [1.29, 1.82) is 0 Å². The standard InChI is InChI=1S/C26H18Cl2F2N2O3/c1-13-12-20(31-26(34)32-25(33)22-18(29)8-5-9-19(22)30)14(2)23(28)24(13)35-21-11-10-17(27)15-6-3-4-7-16(15)21/h3-12H,1-2H3,(H2,31,32,33,34). The molecule has 0 saturated carbocycles. The molecule has 4 aromatic carbocycles. The molecule has 0 aliphatic heterocycles. The highest BCUT2D eigenvalue weighted by Crippen LogP contribution is 2.41. The van der Waals surface area contributed by atoms with Gasteiger partial charge < -0.3 is 10.1 Å². The molecule has 0 bridgehead atoms. The van der Waals surface area contributed by atoms with Crippen LogP contribution in [0.1, 0.15) is 21.5 Å². The van der Waals surface area contributed by atoms with E-state index < -0.39 is 29.1 Å². The lowest BCUT2D eigenvalue weighted by Crippen LogP contribution is -2.35. The summed E-state index contributed by atoms with van der Waals surface area (Å²) >= 11 is 12.9. The molecule has 0 heterocycles. The van der Waals surface area contributed by atoms with E-state index in [1.807, 2.05) is 29.6 Å². The molecule has 0 aromatic heterocycles. The van der Waals surface area contributed by atoms with Gasteiger partial charge in [0, 0.05) is 21.5 Å². The summed E-state index contributed by atoms with van der Waals surface area (Å²) in [5, 5.41) is 6.85. The molecular weight excluding hydrogens is 497 g/mol. The van der Waals surface area contributed by atoms with E-state index in [1.165, 1.54) is 0 Å². The highest BCUT2D eigenvalue weighted by atomic mass is 35.5. The predicted molar refractivity (Wildman–Crippen MR) is 133 cm³/mol. The zero-order valence-electron chi connectivity index (χ0n) is 18.5. The van der Waals surface area contributed by atoms with Crippen LogP contribution in [0.25, 0.3) is 10.8 Å². The van der Waals surface area contributed by atoms with Gasteiger partial charge in [0.25, 0.3) is 5.91 Å². The maximum atomic E-state index is 13.8. The van der Waals surface area contributed by atoms with Gasteiger partial charge in [-0.1, -0.05) is 53.5 Å². The van der Waals surface area contributed by atoms with E-state index in [2.05, 4.69) is 5.32 Å². The topological polar surface area (TPSA) is 67.4 Å². The SMILES string of the molecule is Cc1cc(NC(=O)NC(=O)c2c(F)cccc2F)c(C)c(Cl)c1Oc1ccc(Cl)c2ccccc12. The quantitative estimate of drug-likeness (QED) is 0.292. The van der Waals surface area contributed by atoms with Gasteiger partial charge in [-0.05, 0) is 55.3 Å². The molecule has 5 nitrogen and oxygen atoms in total. The lowest BCUT2D eigenvalue weighted by Gasteiger charge is -2.18. The van der Waals surface area contributed by atoms with E-state index in [0.717, 1.165) is 29.0 Å². The van der Waals surface area contributed by atoms with Crippen LogP contribution < -0.4 is 15.4 Å². The Morgan fingerprint density at radius 1 is 0.886 bits per heavy atom. The summed E-state index contributed by atoms with van der Waals surface area (Å²) in [4.78, 5) is 24.6. The first-order valence-corrected chi connectivity index (χ1v) is 11.1. The summed E-state index contributed by atoms with van der Waals surface area (Å²) in [6.45, 7) is 3.39. The first kappa shape index (κ1) is 24.4. The molecule has 0 radical (unpaired) electrons. The molecule has 0 fully saturated rings. The second-order valence-electron chi connectivity index (χ2n) is 7.71. The van der Waals surface area contributed by atoms with Crippen molar-refractivity contribution in [3.05, 3.63) is 99.0 Å². The number of anilines is 1. The molecule has 4 rings (SSSR count). The van der Waals surface area contributed by atoms with E-state index in [1.54, 1.807) is 32.0 Å². The number of rotatable bonds is 4. The first-order chi connectivity index (χ1) is 16.7. The summed E-state index contributed by atoms with van der Waals surface area (Å²) in [6.07, 6.45) is 0. The van der Waals surface area contributed by atoms with Gasteiger partial charge >= 0.3 is 6.03 Å². The van der Waals surface area contributed by atoms with Gasteiger partial charge in [0.15, 0.2) is 0 Å². The van der Waals surface area contributed by atoms with E-state index in [-0.39, 0.29) is 5.02 Å². The molecule has 9 heteroatoms. The summed E-state index contributed by atoms with van der Waals surface area (Å²) in [5.74, 6) is -2.45. The van der Waals surface area contributed by atoms with Crippen molar-refractivity contribution in [2.75, 3.05) is 5.32 Å². The fourth-order valence-electron chi connectivity index (χ4n) is 3.57. The fourth-order valence-corrected chi connectivity index (χ4v) is 4.09. The number of fused-ring (bicyclic) bond motifs is 1. The van der Waals surface area contributed by atoms with Crippen LogP contribution in [0, 0.1) is 25.5 Å². The average molecular weight is 515 g/mol. The van der Waals surface area contributed by atoms with Gasteiger partial charge in [-0.15, -0.1) is 0 Å². The van der Waals surface area contributed by atoms with Crippen molar-refractivity contribution < 1.29 is 23.1 Å². The molecule has 178 valence electrons. The summed E-state index contributed by atoms with van der Waals surface area (Å²) in [6, 6.07) is 14.6. The number of halogens is 4. The van der Waals surface area contributed by atoms with Gasteiger partial charge in [-0.25, -0.2) is 13.6 Å². The van der Waals surface area contributed by atoms with Crippen LogP contribution in [0.5, 0.6) is 11.5 Å². The minimum Gasteiger partial charge on any atom is -0.455 e. The third-order valence-corrected chi connectivity index (χ3v) is 6.14. The summed E-state index contributed by atoms with van der Waals surface area (Å²) < 4.78 is 33.8. The van der Waals surface area contributed by atoms with Crippen LogP contribution in [0.3, 0.4) is 0 Å². The number of carbonyl (C=O) groups is 2. The number of aryl methyl sites for hydroxylation is 1. The highest BCUT2D eigenvalue weighted by Gasteiger charge is 2.21. The summed E-state index contributed by atoms with van der Waals surface area (Å²) in [7, 11) is 0. The number of benzene rings is 4. The lowest BCUT2D eigenvalue weighted by molar-refractivity contribution is 0.0959. The molecular formula is C26H18Cl2F2N2O3. The van der Waals surface area contributed by atoms with Crippen LogP contribution in [0.2, 0.25) is 10.0 Å². The third-order valence-electron chi connectivity index (χ3n) is 5.36. The Labute approximate surface area is 209 Å². The number of nitrogens with one attached hydrogen (secondary N) is 2. The zero-order chi connectivity index (χ0) is 25.3. The molecule has 0 unspecified atom stereocenters. The molecule has 0 spiro atoms. The maximum absolute atomic E-state index is 13.8. The Hall–Kier alpha value is -3.68. The largest absolute Gasteiger partial charge is 0.455 e. The van der Waals surface area contributed by atoms with Gasteiger partial charge in [0.05, 0.1) is 5.02 Å². The van der Waals surface area contributed by atoms with Crippen molar-refractivity contribution in [1.82, 2.24) is 5.32 Å². The minimum atomic E-state index is -1.21. The molecule has 0 saturated heterocycles. The number of imide groups is 1. The smallest absolute Gasteiger partial charge is 0.326 e. The van der Waals surface area contributed by atoms with Crippen molar-refractivity contribution in [2.45, 2.75) is 13.8 Å². The van der Waals surface area contributed by atoms with E-state index >= 15 is 0 Å². The molecule has 0 aliphatic carbocycles. The van der Waals surface area contributed by atoms with Crippen LogP contribution in [0.4, 0.5) is 19.3 Å². The van der Waals surface area contributed by atoms with Gasteiger partial charge in [-0.2, -0.15) is 0 Å². The van der Waals surface area contributed by atoms with Crippen LogP contribution in [-0.2, 0) is 0 Å². The number of hydrogen-bond acceptors (Lipinski definition) is 3. The van der Waals surface area contributed by atoms with Gasteiger partial charge in [0.2, 0.25) is 0 Å². The monoisotopic (exact) mass is 514 g/mol. The lowest BCUT2D eigenvalue weighted by atomic mass is 10.1. The Bertz CT molecular complexity index is 1470. The van der Waals surface area contributed by atoms with E-state index in [4.69, 9.17) is 27.9 Å². The Morgan fingerprint density at radius 3 is 2.23 bits per heavy atom.